The highest BCUT2D eigenvalue weighted by molar-refractivity contribution is 7.09. The van der Waals surface area contributed by atoms with E-state index in [-0.39, 0.29) is 18.2 Å². The standard InChI is InChI=1S/C17H18N2O3S/c1-11-17(21)19-14-9-12(4-5-15(14)22-11)10-16(20)18-7-6-13-3-2-8-23-13/h2-5,8-9,11H,6-7,10H2,1H3,(H,18,20)(H,19,21). The van der Waals surface area contributed by atoms with E-state index >= 15 is 0 Å². The minimum Gasteiger partial charge on any atom is -0.479 e. The van der Waals surface area contributed by atoms with Crippen molar-refractivity contribution >= 4 is 28.8 Å². The van der Waals surface area contributed by atoms with Gasteiger partial charge < -0.3 is 15.4 Å². The summed E-state index contributed by atoms with van der Waals surface area (Å²) >= 11 is 1.69. The Labute approximate surface area is 138 Å². The topological polar surface area (TPSA) is 67.4 Å². The number of ether oxygens (including phenoxy) is 1. The predicted octanol–water partition coefficient (Wildman–Crippen LogP) is 2.37. The van der Waals surface area contributed by atoms with Gasteiger partial charge in [-0.25, -0.2) is 0 Å². The number of hydrogen-bond donors (Lipinski definition) is 2. The molecule has 2 N–H and O–H groups in total. The number of hydrogen-bond acceptors (Lipinski definition) is 4. The van der Waals surface area contributed by atoms with E-state index in [1.807, 2.05) is 17.5 Å². The normalized spacial score (nSPS) is 16.2. The summed E-state index contributed by atoms with van der Waals surface area (Å²) in [6, 6.07) is 9.50. The minimum atomic E-state index is -0.492. The molecule has 2 aromatic rings. The molecule has 5 nitrogen and oxygen atoms in total. The van der Waals surface area contributed by atoms with Gasteiger partial charge in [0.05, 0.1) is 12.1 Å². The first kappa shape index (κ1) is 15.6. The molecule has 1 aromatic carbocycles. The summed E-state index contributed by atoms with van der Waals surface area (Å²) in [7, 11) is 0. The molecule has 0 saturated heterocycles. The molecule has 1 aliphatic heterocycles. The number of fused-ring (bicyclic) bond motifs is 1. The average molecular weight is 330 g/mol. The highest BCUT2D eigenvalue weighted by atomic mass is 32.1. The van der Waals surface area contributed by atoms with Gasteiger partial charge in [0.2, 0.25) is 5.91 Å². The number of rotatable bonds is 5. The van der Waals surface area contributed by atoms with Crippen LogP contribution in [0.5, 0.6) is 5.75 Å². The van der Waals surface area contributed by atoms with Crippen LogP contribution in [-0.2, 0) is 22.4 Å². The van der Waals surface area contributed by atoms with Crippen molar-refractivity contribution in [2.24, 2.45) is 0 Å². The number of amides is 2. The van der Waals surface area contributed by atoms with Crippen LogP contribution < -0.4 is 15.4 Å². The summed E-state index contributed by atoms with van der Waals surface area (Å²) in [5, 5.41) is 7.73. The molecule has 0 saturated carbocycles. The molecule has 2 heterocycles. The second-order valence-corrected chi connectivity index (χ2v) is 6.47. The van der Waals surface area contributed by atoms with Crippen molar-refractivity contribution in [3.05, 3.63) is 46.2 Å². The van der Waals surface area contributed by atoms with E-state index in [4.69, 9.17) is 4.74 Å². The number of thiophene rings is 1. The van der Waals surface area contributed by atoms with Crippen LogP contribution in [0.15, 0.2) is 35.7 Å². The molecule has 120 valence electrons. The van der Waals surface area contributed by atoms with E-state index in [2.05, 4.69) is 16.7 Å². The molecule has 23 heavy (non-hydrogen) atoms. The number of carbonyl (C=O) groups is 2. The molecule has 0 bridgehead atoms. The molecule has 0 fully saturated rings. The fourth-order valence-corrected chi connectivity index (χ4v) is 3.10. The van der Waals surface area contributed by atoms with Gasteiger partial charge >= 0.3 is 0 Å². The van der Waals surface area contributed by atoms with Gasteiger partial charge in [0.15, 0.2) is 6.10 Å². The predicted molar refractivity (Wildman–Crippen MR) is 89.9 cm³/mol. The summed E-state index contributed by atoms with van der Waals surface area (Å²) < 4.78 is 5.50. The quantitative estimate of drug-likeness (QED) is 0.884. The maximum Gasteiger partial charge on any atom is 0.265 e. The van der Waals surface area contributed by atoms with E-state index in [1.54, 1.807) is 30.4 Å². The molecule has 1 unspecified atom stereocenters. The van der Waals surface area contributed by atoms with Crippen molar-refractivity contribution in [2.75, 3.05) is 11.9 Å². The Morgan fingerprint density at radius 3 is 3.04 bits per heavy atom. The molecule has 0 aliphatic carbocycles. The van der Waals surface area contributed by atoms with Crippen molar-refractivity contribution < 1.29 is 14.3 Å². The van der Waals surface area contributed by atoms with Crippen molar-refractivity contribution in [1.82, 2.24) is 5.32 Å². The highest BCUT2D eigenvalue weighted by Gasteiger charge is 2.23. The van der Waals surface area contributed by atoms with Gasteiger partial charge in [-0.05, 0) is 42.5 Å². The number of benzene rings is 1. The summed E-state index contributed by atoms with van der Waals surface area (Å²) in [5.74, 6) is 0.437. The van der Waals surface area contributed by atoms with E-state index in [0.717, 1.165) is 12.0 Å². The molecule has 1 aliphatic rings. The third kappa shape index (κ3) is 3.90. The van der Waals surface area contributed by atoms with Crippen molar-refractivity contribution in [3.8, 4) is 5.75 Å². The third-order valence-corrected chi connectivity index (χ3v) is 4.55. The average Bonchev–Trinajstić information content (AvgIpc) is 3.02. The number of anilines is 1. The summed E-state index contributed by atoms with van der Waals surface area (Å²) in [4.78, 5) is 24.9. The molecule has 1 atom stereocenters. The van der Waals surface area contributed by atoms with Crippen LogP contribution in [0.3, 0.4) is 0 Å². The fraction of sp³-hybridized carbons (Fsp3) is 0.294. The van der Waals surface area contributed by atoms with E-state index in [0.29, 0.717) is 18.0 Å². The van der Waals surface area contributed by atoms with E-state index in [1.165, 1.54) is 4.88 Å². The molecule has 3 rings (SSSR count). The Balaban J connectivity index is 1.54. The lowest BCUT2D eigenvalue weighted by molar-refractivity contribution is -0.122. The molecule has 6 heteroatoms. The fourth-order valence-electron chi connectivity index (χ4n) is 2.39. The van der Waals surface area contributed by atoms with Gasteiger partial charge in [-0.1, -0.05) is 12.1 Å². The lowest BCUT2D eigenvalue weighted by Crippen LogP contribution is -2.34. The Morgan fingerprint density at radius 1 is 1.39 bits per heavy atom. The minimum absolute atomic E-state index is 0.0297. The van der Waals surface area contributed by atoms with Gasteiger partial charge in [0.1, 0.15) is 5.75 Å². The zero-order chi connectivity index (χ0) is 16.2. The number of carbonyl (C=O) groups excluding carboxylic acids is 2. The van der Waals surface area contributed by atoms with Crippen LogP contribution in [0, 0.1) is 0 Å². The van der Waals surface area contributed by atoms with Crippen molar-refractivity contribution in [1.29, 1.82) is 0 Å². The molecular weight excluding hydrogens is 312 g/mol. The van der Waals surface area contributed by atoms with Gasteiger partial charge in [-0.15, -0.1) is 11.3 Å². The van der Waals surface area contributed by atoms with E-state index < -0.39 is 6.10 Å². The second kappa shape index (κ2) is 6.83. The third-order valence-electron chi connectivity index (χ3n) is 3.61. The molecular formula is C17H18N2O3S. The molecule has 2 amide bonds. The highest BCUT2D eigenvalue weighted by Crippen LogP contribution is 2.30. The summed E-state index contributed by atoms with van der Waals surface area (Å²) in [6.45, 7) is 2.33. The number of nitrogens with one attached hydrogen (secondary N) is 2. The van der Waals surface area contributed by atoms with Crippen molar-refractivity contribution in [3.63, 3.8) is 0 Å². The smallest absolute Gasteiger partial charge is 0.265 e. The van der Waals surface area contributed by atoms with Crippen LogP contribution in [0.25, 0.3) is 0 Å². The zero-order valence-corrected chi connectivity index (χ0v) is 13.6. The Kier molecular flexibility index (Phi) is 4.62. The van der Waals surface area contributed by atoms with Crippen LogP contribution in [-0.4, -0.2) is 24.5 Å². The first-order valence-corrected chi connectivity index (χ1v) is 8.39. The van der Waals surface area contributed by atoms with Crippen LogP contribution in [0.2, 0.25) is 0 Å². The lowest BCUT2D eigenvalue weighted by atomic mass is 10.1. The lowest BCUT2D eigenvalue weighted by Gasteiger charge is -2.23. The maximum absolute atomic E-state index is 12.0. The monoisotopic (exact) mass is 330 g/mol. The van der Waals surface area contributed by atoms with Crippen LogP contribution in [0.4, 0.5) is 5.69 Å². The van der Waals surface area contributed by atoms with Gasteiger partial charge in [0.25, 0.3) is 5.91 Å². The summed E-state index contributed by atoms with van der Waals surface area (Å²) in [5.41, 5.74) is 1.47. The van der Waals surface area contributed by atoms with Gasteiger partial charge in [0, 0.05) is 11.4 Å². The Hall–Kier alpha value is -2.34. The van der Waals surface area contributed by atoms with Gasteiger partial charge in [-0.3, -0.25) is 9.59 Å². The van der Waals surface area contributed by atoms with E-state index in [9.17, 15) is 9.59 Å². The largest absolute Gasteiger partial charge is 0.479 e. The van der Waals surface area contributed by atoms with Crippen LogP contribution in [0.1, 0.15) is 17.4 Å². The first-order chi connectivity index (χ1) is 11.1. The molecule has 1 aromatic heterocycles. The molecule has 0 radical (unpaired) electrons. The zero-order valence-electron chi connectivity index (χ0n) is 12.8. The Morgan fingerprint density at radius 2 is 2.26 bits per heavy atom. The Bertz CT molecular complexity index is 713. The first-order valence-electron chi connectivity index (χ1n) is 7.51. The maximum atomic E-state index is 12.0. The second-order valence-electron chi connectivity index (χ2n) is 5.44. The summed E-state index contributed by atoms with van der Waals surface area (Å²) in [6.07, 6.45) is 0.632. The van der Waals surface area contributed by atoms with Gasteiger partial charge in [-0.2, -0.15) is 0 Å². The van der Waals surface area contributed by atoms with Crippen molar-refractivity contribution in [2.45, 2.75) is 25.9 Å². The molecule has 0 spiro atoms. The SMILES string of the molecule is CC1Oc2ccc(CC(=O)NCCc3cccs3)cc2NC1=O. The van der Waals surface area contributed by atoms with Crippen LogP contribution >= 0.6 is 11.3 Å².